The van der Waals surface area contributed by atoms with Gasteiger partial charge in [-0.2, -0.15) is 10.2 Å². The molecular formula is C20H20N4O4. The predicted octanol–water partition coefficient (Wildman–Crippen LogP) is 2.20. The Morgan fingerprint density at radius 1 is 1.14 bits per heavy atom. The highest BCUT2D eigenvalue weighted by atomic mass is 16.5. The first-order valence-electron chi connectivity index (χ1n) is 8.63. The molecule has 3 rings (SSSR count). The van der Waals surface area contributed by atoms with Crippen molar-refractivity contribution in [2.24, 2.45) is 5.10 Å². The van der Waals surface area contributed by atoms with E-state index in [1.165, 1.54) is 10.9 Å². The molecule has 0 unspecified atom stereocenters. The molecule has 8 heteroatoms. The molecule has 0 aliphatic carbocycles. The van der Waals surface area contributed by atoms with E-state index in [0.29, 0.717) is 34.4 Å². The van der Waals surface area contributed by atoms with Gasteiger partial charge >= 0.3 is 0 Å². The number of hydrogen-bond acceptors (Lipinski definition) is 6. The number of ether oxygens (including phenoxy) is 2. The summed E-state index contributed by atoms with van der Waals surface area (Å²) in [7, 11) is 3.10. The van der Waals surface area contributed by atoms with Crippen LogP contribution >= 0.6 is 0 Å². The highest BCUT2D eigenvalue weighted by Gasteiger charge is 2.15. The second-order valence-electron chi connectivity index (χ2n) is 5.86. The summed E-state index contributed by atoms with van der Waals surface area (Å²) in [5, 5.41) is 9.08. The largest absolute Gasteiger partial charge is 0.497 e. The first-order valence-corrected chi connectivity index (χ1v) is 8.63. The van der Waals surface area contributed by atoms with Crippen LogP contribution in [-0.4, -0.2) is 36.1 Å². The average molecular weight is 380 g/mol. The molecule has 1 N–H and O–H groups in total. The highest BCUT2D eigenvalue weighted by Crippen LogP contribution is 2.21. The summed E-state index contributed by atoms with van der Waals surface area (Å²) >= 11 is 0. The second kappa shape index (κ2) is 8.34. The minimum Gasteiger partial charge on any atom is -0.497 e. The Labute approximate surface area is 161 Å². The molecule has 0 atom stereocenters. The molecule has 1 amide bonds. The molecule has 1 aromatic heterocycles. The number of rotatable bonds is 6. The van der Waals surface area contributed by atoms with E-state index in [9.17, 15) is 9.59 Å². The normalized spacial score (nSPS) is 11.0. The lowest BCUT2D eigenvalue weighted by atomic mass is 10.1. The number of carbonyl (C=O) groups excluding carboxylic acids is 1. The number of amides is 1. The van der Waals surface area contributed by atoms with E-state index in [0.717, 1.165) is 0 Å². The average Bonchev–Trinajstić information content (AvgIpc) is 2.73. The number of benzene rings is 2. The summed E-state index contributed by atoms with van der Waals surface area (Å²) in [5.74, 6) is 0.703. The third-order valence-electron chi connectivity index (χ3n) is 4.14. The number of aryl methyl sites for hydroxylation is 1. The minimum absolute atomic E-state index is 0.137. The van der Waals surface area contributed by atoms with Crippen LogP contribution in [0.15, 0.2) is 52.4 Å². The second-order valence-corrected chi connectivity index (χ2v) is 5.86. The van der Waals surface area contributed by atoms with E-state index in [4.69, 9.17) is 9.47 Å². The van der Waals surface area contributed by atoms with E-state index >= 15 is 0 Å². The van der Waals surface area contributed by atoms with Gasteiger partial charge in [0.25, 0.3) is 11.5 Å². The Bertz CT molecular complexity index is 1080. The first kappa shape index (κ1) is 19.1. The molecular weight excluding hydrogens is 360 g/mol. The van der Waals surface area contributed by atoms with Crippen molar-refractivity contribution in [3.63, 3.8) is 0 Å². The maximum absolute atomic E-state index is 12.6. The van der Waals surface area contributed by atoms with Crippen LogP contribution in [0.4, 0.5) is 0 Å². The SMILES string of the molecule is CCn1nc(C(=O)N/N=C\c2cc(OC)cc(OC)c2)c2ccccc2c1=O. The van der Waals surface area contributed by atoms with Gasteiger partial charge < -0.3 is 9.47 Å². The number of nitrogens with zero attached hydrogens (tertiary/aromatic N) is 3. The van der Waals surface area contributed by atoms with E-state index < -0.39 is 5.91 Å². The molecule has 0 aliphatic heterocycles. The Morgan fingerprint density at radius 3 is 2.39 bits per heavy atom. The van der Waals surface area contributed by atoms with Gasteiger partial charge in [-0.3, -0.25) is 9.59 Å². The van der Waals surface area contributed by atoms with Crippen molar-refractivity contribution in [3.05, 3.63) is 64.1 Å². The van der Waals surface area contributed by atoms with Crippen molar-refractivity contribution in [3.8, 4) is 11.5 Å². The Kier molecular flexibility index (Phi) is 5.69. The van der Waals surface area contributed by atoms with Crippen LogP contribution in [-0.2, 0) is 6.54 Å². The summed E-state index contributed by atoms with van der Waals surface area (Å²) in [6.07, 6.45) is 1.47. The number of aromatic nitrogens is 2. The van der Waals surface area contributed by atoms with E-state index in [2.05, 4.69) is 15.6 Å². The van der Waals surface area contributed by atoms with Crippen molar-refractivity contribution in [2.45, 2.75) is 13.5 Å². The van der Waals surface area contributed by atoms with Crippen LogP contribution in [0.3, 0.4) is 0 Å². The molecule has 0 radical (unpaired) electrons. The molecule has 0 fully saturated rings. The van der Waals surface area contributed by atoms with Gasteiger partial charge in [0.2, 0.25) is 0 Å². The number of hydrogen-bond donors (Lipinski definition) is 1. The number of carbonyl (C=O) groups is 1. The highest BCUT2D eigenvalue weighted by molar-refractivity contribution is 6.04. The van der Waals surface area contributed by atoms with Crippen molar-refractivity contribution >= 4 is 22.9 Å². The van der Waals surface area contributed by atoms with Crippen LogP contribution in [0, 0.1) is 0 Å². The fourth-order valence-corrected chi connectivity index (χ4v) is 2.74. The van der Waals surface area contributed by atoms with E-state index in [1.807, 2.05) is 0 Å². The van der Waals surface area contributed by atoms with Gasteiger partial charge in [-0.05, 0) is 25.1 Å². The standard InChI is InChI=1S/C20H20N4O4/c1-4-24-20(26)17-8-6-5-7-16(17)18(23-24)19(25)22-21-12-13-9-14(27-2)11-15(10-13)28-3/h5-12H,4H2,1-3H3,(H,22,25)/b21-12-. The van der Waals surface area contributed by atoms with Crippen LogP contribution in [0.2, 0.25) is 0 Å². The zero-order valence-electron chi connectivity index (χ0n) is 15.8. The van der Waals surface area contributed by atoms with Crippen molar-refractivity contribution in [1.29, 1.82) is 0 Å². The number of fused-ring (bicyclic) bond motifs is 1. The van der Waals surface area contributed by atoms with Crippen molar-refractivity contribution in [2.75, 3.05) is 14.2 Å². The van der Waals surface area contributed by atoms with Gasteiger partial charge in [-0.25, -0.2) is 10.1 Å². The fourth-order valence-electron chi connectivity index (χ4n) is 2.74. The molecule has 0 bridgehead atoms. The van der Waals surface area contributed by atoms with Gasteiger partial charge in [0, 0.05) is 23.6 Å². The van der Waals surface area contributed by atoms with Crippen LogP contribution in [0.25, 0.3) is 10.8 Å². The molecule has 8 nitrogen and oxygen atoms in total. The van der Waals surface area contributed by atoms with Crippen LogP contribution in [0.5, 0.6) is 11.5 Å². The maximum Gasteiger partial charge on any atom is 0.292 e. The molecule has 2 aromatic carbocycles. The lowest BCUT2D eigenvalue weighted by Gasteiger charge is -2.08. The zero-order chi connectivity index (χ0) is 20.1. The summed E-state index contributed by atoms with van der Waals surface area (Å²) in [5.41, 5.74) is 3.05. The molecule has 0 saturated carbocycles. The molecule has 1 heterocycles. The Morgan fingerprint density at radius 2 is 1.79 bits per heavy atom. The lowest BCUT2D eigenvalue weighted by Crippen LogP contribution is -2.28. The predicted molar refractivity (Wildman–Crippen MR) is 106 cm³/mol. The van der Waals surface area contributed by atoms with E-state index in [-0.39, 0.29) is 11.3 Å². The smallest absolute Gasteiger partial charge is 0.292 e. The number of nitrogens with one attached hydrogen (secondary N) is 1. The van der Waals surface area contributed by atoms with Gasteiger partial charge in [-0.1, -0.05) is 18.2 Å². The molecule has 0 spiro atoms. The molecule has 0 aliphatic rings. The summed E-state index contributed by atoms with van der Waals surface area (Å²) in [6.45, 7) is 2.15. The fraction of sp³-hybridized carbons (Fsp3) is 0.200. The Balaban J connectivity index is 1.89. The van der Waals surface area contributed by atoms with Crippen molar-refractivity contribution in [1.82, 2.24) is 15.2 Å². The van der Waals surface area contributed by atoms with Gasteiger partial charge in [-0.15, -0.1) is 0 Å². The minimum atomic E-state index is -0.510. The number of methoxy groups -OCH3 is 2. The molecule has 28 heavy (non-hydrogen) atoms. The van der Waals surface area contributed by atoms with Crippen molar-refractivity contribution < 1.29 is 14.3 Å². The zero-order valence-corrected chi connectivity index (χ0v) is 15.8. The third-order valence-corrected chi connectivity index (χ3v) is 4.14. The summed E-state index contributed by atoms with van der Waals surface area (Å²) in [6, 6.07) is 12.1. The monoisotopic (exact) mass is 380 g/mol. The third kappa shape index (κ3) is 3.85. The van der Waals surface area contributed by atoms with Crippen LogP contribution in [0.1, 0.15) is 23.0 Å². The topological polar surface area (TPSA) is 94.8 Å². The van der Waals surface area contributed by atoms with E-state index in [1.54, 1.807) is 63.6 Å². The quantitative estimate of drug-likeness (QED) is 0.523. The van der Waals surface area contributed by atoms with Crippen LogP contribution < -0.4 is 20.5 Å². The first-order chi connectivity index (χ1) is 13.6. The maximum atomic E-state index is 12.6. The molecule has 144 valence electrons. The van der Waals surface area contributed by atoms with Gasteiger partial charge in [0.05, 0.1) is 25.8 Å². The van der Waals surface area contributed by atoms with Gasteiger partial charge in [0.1, 0.15) is 11.5 Å². The molecule has 0 saturated heterocycles. The summed E-state index contributed by atoms with van der Waals surface area (Å²) < 4.78 is 11.7. The Hall–Kier alpha value is -3.68. The van der Waals surface area contributed by atoms with Gasteiger partial charge in [0.15, 0.2) is 5.69 Å². The summed E-state index contributed by atoms with van der Waals surface area (Å²) in [4.78, 5) is 25.0. The lowest BCUT2D eigenvalue weighted by molar-refractivity contribution is 0.0949. The molecule has 3 aromatic rings. The number of hydrazone groups is 1.